The number of hydrogen-bond donors (Lipinski definition) is 5. The number of aliphatic hydroxyl groups excluding tert-OH is 1. The van der Waals surface area contributed by atoms with E-state index in [2.05, 4.69) is 35.8 Å². The van der Waals surface area contributed by atoms with Gasteiger partial charge in [0.15, 0.2) is 5.82 Å². The third-order valence-electron chi connectivity index (χ3n) is 7.00. The van der Waals surface area contributed by atoms with Gasteiger partial charge in [-0.05, 0) is 65.9 Å². The Morgan fingerprint density at radius 1 is 0.953 bits per heavy atom. The maximum absolute atomic E-state index is 14.6. The molecule has 0 aliphatic heterocycles. The monoisotopic (exact) mass is 578 g/mol. The molecule has 4 heterocycles. The van der Waals surface area contributed by atoms with Crippen molar-refractivity contribution < 1.29 is 14.3 Å². The first-order valence-corrected chi connectivity index (χ1v) is 14.0. The molecule has 4 aromatic heterocycles. The highest BCUT2D eigenvalue weighted by atomic mass is 19.1. The van der Waals surface area contributed by atoms with E-state index in [0.29, 0.717) is 57.9 Å². The first-order chi connectivity index (χ1) is 20.7. The molecule has 0 spiro atoms. The van der Waals surface area contributed by atoms with Gasteiger partial charge in [0.05, 0.1) is 34.6 Å². The van der Waals surface area contributed by atoms with Crippen LogP contribution in [0.1, 0.15) is 32.8 Å². The number of aromatic nitrogens is 6. The summed E-state index contributed by atoms with van der Waals surface area (Å²) < 4.78 is 14.6. The Bertz CT molecular complexity index is 1950. The van der Waals surface area contributed by atoms with Crippen molar-refractivity contribution in [2.45, 2.75) is 40.0 Å². The van der Waals surface area contributed by atoms with Crippen molar-refractivity contribution in [2.75, 3.05) is 5.32 Å². The maximum atomic E-state index is 14.6. The third kappa shape index (κ3) is 6.13. The molecule has 11 heteroatoms. The Kier molecular flexibility index (Phi) is 7.66. The van der Waals surface area contributed by atoms with E-state index in [9.17, 15) is 14.3 Å². The number of imidazole rings is 1. The number of hydrogen-bond acceptors (Lipinski definition) is 7. The number of pyridine rings is 2. The molecule has 218 valence electrons. The van der Waals surface area contributed by atoms with Gasteiger partial charge in [-0.1, -0.05) is 19.9 Å². The smallest absolute Gasteiger partial charge is 0.224 e. The molecule has 6 aromatic rings. The molecule has 0 bridgehead atoms. The van der Waals surface area contributed by atoms with Gasteiger partial charge in [-0.2, -0.15) is 5.10 Å². The van der Waals surface area contributed by atoms with Crippen molar-refractivity contribution >= 4 is 33.5 Å². The minimum atomic E-state index is -0.717. The van der Waals surface area contributed by atoms with Crippen LogP contribution in [0.4, 0.5) is 10.1 Å². The molecule has 43 heavy (non-hydrogen) atoms. The van der Waals surface area contributed by atoms with Crippen LogP contribution in [0.15, 0.2) is 67.3 Å². The summed E-state index contributed by atoms with van der Waals surface area (Å²) in [5.41, 5.74) is 7.12. The summed E-state index contributed by atoms with van der Waals surface area (Å²) in [6.45, 7) is 5.92. The number of nitrogens with one attached hydrogen (secondary N) is 4. The summed E-state index contributed by atoms with van der Waals surface area (Å²) in [5, 5.41) is 23.9. The molecule has 6 rings (SSSR count). The van der Waals surface area contributed by atoms with Crippen LogP contribution in [-0.2, 0) is 11.3 Å². The zero-order chi connectivity index (χ0) is 30.1. The molecule has 0 fully saturated rings. The second kappa shape index (κ2) is 11.7. The van der Waals surface area contributed by atoms with Crippen molar-refractivity contribution in [1.29, 1.82) is 0 Å². The highest BCUT2D eigenvalue weighted by Gasteiger charge is 2.17. The van der Waals surface area contributed by atoms with Crippen LogP contribution in [0.25, 0.3) is 55.7 Å². The lowest BCUT2D eigenvalue weighted by Gasteiger charge is -2.10. The van der Waals surface area contributed by atoms with Gasteiger partial charge >= 0.3 is 0 Å². The first-order valence-electron chi connectivity index (χ1n) is 14.0. The van der Waals surface area contributed by atoms with Gasteiger partial charge in [-0.3, -0.25) is 25.2 Å². The zero-order valence-corrected chi connectivity index (χ0v) is 23.9. The quantitative estimate of drug-likeness (QED) is 0.137. The summed E-state index contributed by atoms with van der Waals surface area (Å²) in [6.07, 6.45) is 6.44. The number of fused-ring (bicyclic) bond motifs is 2. The Hall–Kier alpha value is -5.00. The van der Waals surface area contributed by atoms with Gasteiger partial charge in [0.1, 0.15) is 17.7 Å². The Balaban J connectivity index is 1.35. The Labute approximate surface area is 246 Å². The fourth-order valence-corrected chi connectivity index (χ4v) is 5.05. The maximum Gasteiger partial charge on any atom is 0.224 e. The number of aromatic amines is 2. The molecule has 10 nitrogen and oxygen atoms in total. The Morgan fingerprint density at radius 3 is 2.60 bits per heavy atom. The number of benzene rings is 2. The van der Waals surface area contributed by atoms with Gasteiger partial charge in [0.2, 0.25) is 5.91 Å². The molecule has 0 radical (unpaired) electrons. The molecule has 0 saturated heterocycles. The number of aliphatic hydroxyl groups is 1. The predicted octanol–water partition coefficient (Wildman–Crippen LogP) is 5.78. The minimum Gasteiger partial charge on any atom is -0.379 e. The summed E-state index contributed by atoms with van der Waals surface area (Å²) in [6, 6.07) is 12.5. The normalized spacial score (nSPS) is 12.3. The molecule has 1 amide bonds. The largest absolute Gasteiger partial charge is 0.379 e. The molecule has 0 aliphatic rings. The van der Waals surface area contributed by atoms with E-state index in [4.69, 9.17) is 4.98 Å². The van der Waals surface area contributed by atoms with Crippen molar-refractivity contribution in [1.82, 2.24) is 35.5 Å². The topological polar surface area (TPSA) is 144 Å². The average Bonchev–Trinajstić information content (AvgIpc) is 3.59. The lowest BCUT2D eigenvalue weighted by atomic mass is 10.0. The van der Waals surface area contributed by atoms with Crippen LogP contribution in [0.5, 0.6) is 0 Å². The van der Waals surface area contributed by atoms with E-state index in [1.165, 1.54) is 12.1 Å². The molecule has 1 unspecified atom stereocenters. The molecular weight excluding hydrogens is 547 g/mol. The second-order valence-electron chi connectivity index (χ2n) is 11.0. The van der Waals surface area contributed by atoms with Crippen molar-refractivity contribution in [2.24, 2.45) is 5.92 Å². The Morgan fingerprint density at radius 2 is 1.79 bits per heavy atom. The average molecular weight is 579 g/mol. The number of anilines is 1. The fraction of sp³-hybridized carbons (Fsp3) is 0.219. The first kappa shape index (κ1) is 28.1. The molecule has 1 atom stereocenters. The number of nitrogens with zero attached hydrogens (tertiary/aromatic N) is 4. The van der Waals surface area contributed by atoms with Crippen molar-refractivity contribution in [3.05, 3.63) is 78.6 Å². The molecule has 2 aromatic carbocycles. The van der Waals surface area contributed by atoms with Gasteiger partial charge in [-0.25, -0.2) is 9.37 Å². The number of H-pyrrole nitrogens is 2. The SMILES string of the molecule is CC(C)CC(=O)Nc1cncc(-c2ccc3[nH]nc(-c4nc5c(-c6cc(F)cc(CNC(C)O)c6)cncc5[nH]4)c3c2)c1. The number of carbonyl (C=O) groups is 1. The van der Waals surface area contributed by atoms with Gasteiger partial charge in [0, 0.05) is 41.9 Å². The zero-order valence-electron chi connectivity index (χ0n) is 23.9. The van der Waals surface area contributed by atoms with Crippen LogP contribution in [0.3, 0.4) is 0 Å². The van der Waals surface area contributed by atoms with E-state index in [-0.39, 0.29) is 11.8 Å². The number of carbonyl (C=O) groups excluding carboxylic acids is 1. The fourth-order valence-electron chi connectivity index (χ4n) is 5.05. The van der Waals surface area contributed by atoms with E-state index in [1.807, 2.05) is 44.2 Å². The lowest BCUT2D eigenvalue weighted by molar-refractivity contribution is -0.116. The van der Waals surface area contributed by atoms with Gasteiger partial charge < -0.3 is 15.4 Å². The molecule has 5 N–H and O–H groups in total. The molecular formula is C32H31FN8O2. The van der Waals surface area contributed by atoms with E-state index < -0.39 is 12.0 Å². The summed E-state index contributed by atoms with van der Waals surface area (Å²) in [4.78, 5) is 29.2. The highest BCUT2D eigenvalue weighted by molar-refractivity contribution is 5.98. The second-order valence-corrected chi connectivity index (χ2v) is 11.0. The summed E-state index contributed by atoms with van der Waals surface area (Å²) in [5.74, 6) is 0.350. The van der Waals surface area contributed by atoms with Crippen LogP contribution in [0, 0.1) is 11.7 Å². The van der Waals surface area contributed by atoms with Crippen LogP contribution < -0.4 is 10.6 Å². The predicted molar refractivity (Wildman–Crippen MR) is 164 cm³/mol. The van der Waals surface area contributed by atoms with Crippen molar-refractivity contribution in [3.63, 3.8) is 0 Å². The number of rotatable bonds is 9. The number of amides is 1. The summed E-state index contributed by atoms with van der Waals surface area (Å²) >= 11 is 0. The number of halogens is 1. The van der Waals surface area contributed by atoms with Crippen molar-refractivity contribution in [3.8, 4) is 33.8 Å². The third-order valence-corrected chi connectivity index (χ3v) is 7.00. The van der Waals surface area contributed by atoms with Crippen LogP contribution >= 0.6 is 0 Å². The van der Waals surface area contributed by atoms with Crippen LogP contribution in [-0.4, -0.2) is 47.4 Å². The minimum absolute atomic E-state index is 0.0499. The van der Waals surface area contributed by atoms with E-state index in [1.54, 1.807) is 31.7 Å². The van der Waals surface area contributed by atoms with Crippen LogP contribution in [0.2, 0.25) is 0 Å². The van der Waals surface area contributed by atoms with Gasteiger partial charge in [-0.15, -0.1) is 0 Å². The standard InChI is InChI=1S/C32H31FN8O2/c1-17(2)6-29(43)37-24-10-22(13-34-14-24)20-4-5-27-25(11-20)31(41-40-27)32-38-28-16-35-15-26(30(28)39-32)21-7-19(8-23(33)9-21)12-36-18(3)42/h4-5,7-11,13-18,36,42H,6,12H2,1-3H3,(H,37,43)(H,38,39)(H,40,41). The molecule has 0 saturated carbocycles. The highest BCUT2D eigenvalue weighted by Crippen LogP contribution is 2.33. The van der Waals surface area contributed by atoms with E-state index in [0.717, 1.165) is 22.0 Å². The molecule has 0 aliphatic carbocycles. The van der Waals surface area contributed by atoms with E-state index >= 15 is 0 Å². The lowest BCUT2D eigenvalue weighted by Crippen LogP contribution is -2.24. The summed E-state index contributed by atoms with van der Waals surface area (Å²) in [7, 11) is 0. The van der Waals surface area contributed by atoms with Gasteiger partial charge in [0.25, 0.3) is 0 Å².